The monoisotopic (exact) mass is 630 g/mol. The number of rotatable bonds is 9. The summed E-state index contributed by atoms with van der Waals surface area (Å²) in [4.78, 5) is 6.74. The van der Waals surface area contributed by atoms with Gasteiger partial charge < -0.3 is 9.64 Å². The van der Waals surface area contributed by atoms with Crippen LogP contribution in [-0.2, 0) is 6.61 Å². The molecule has 8 rings (SSSR count). The van der Waals surface area contributed by atoms with E-state index >= 15 is 0 Å². The molecule has 0 spiro atoms. The second kappa shape index (κ2) is 13.3. The van der Waals surface area contributed by atoms with Crippen LogP contribution in [0.1, 0.15) is 5.56 Å². The molecule has 0 saturated heterocycles. The Morgan fingerprint density at radius 2 is 1.08 bits per heavy atom. The predicted octanol–water partition coefficient (Wildman–Crippen LogP) is 12.7. The molecule has 0 N–H and O–H groups in total. The van der Waals surface area contributed by atoms with E-state index in [4.69, 9.17) is 4.74 Å². The average molecular weight is 631 g/mol. The maximum absolute atomic E-state index is 6.48. The van der Waals surface area contributed by atoms with Gasteiger partial charge in [0, 0.05) is 22.0 Å². The van der Waals surface area contributed by atoms with Gasteiger partial charge in [0.1, 0.15) is 18.0 Å². The summed E-state index contributed by atoms with van der Waals surface area (Å²) in [6.07, 6.45) is 0. The Morgan fingerprint density at radius 3 is 1.84 bits per heavy atom. The molecule has 0 fully saturated rings. The first kappa shape index (κ1) is 29.9. The topological polar surface area (TPSA) is 24.8 Å². The lowest BCUT2D eigenvalue weighted by atomic mass is 9.98. The molecule has 0 atom stereocenters. The lowest BCUT2D eigenvalue weighted by Crippen LogP contribution is -2.12. The van der Waals surface area contributed by atoms with Crippen LogP contribution in [0.15, 0.2) is 187 Å². The highest BCUT2D eigenvalue weighted by molar-refractivity contribution is 6.02. The van der Waals surface area contributed by atoms with E-state index in [9.17, 15) is 0 Å². The van der Waals surface area contributed by atoms with E-state index in [1.807, 2.05) is 18.2 Å². The number of hydrogen-bond acceptors (Lipinski definition) is 3. The van der Waals surface area contributed by atoms with E-state index < -0.39 is 0 Å². The summed E-state index contributed by atoms with van der Waals surface area (Å²) in [5.74, 6) is 0.721. The maximum atomic E-state index is 6.48. The molecule has 8 aromatic rings. The molecule has 0 aliphatic rings. The zero-order valence-electron chi connectivity index (χ0n) is 27.0. The summed E-state index contributed by atoms with van der Waals surface area (Å²) < 4.78 is 6.48. The largest absolute Gasteiger partial charge is 0.487 e. The van der Waals surface area contributed by atoms with Gasteiger partial charge in [0.2, 0.25) is 0 Å². The number of hydrogen-bond donors (Lipinski definition) is 0. The molecule has 3 heteroatoms. The quantitative estimate of drug-likeness (QED) is 0.148. The van der Waals surface area contributed by atoms with Crippen LogP contribution in [0.3, 0.4) is 0 Å². The minimum Gasteiger partial charge on any atom is -0.487 e. The van der Waals surface area contributed by atoms with Crippen LogP contribution in [0.25, 0.3) is 43.8 Å². The van der Waals surface area contributed by atoms with Crippen LogP contribution in [0.5, 0.6) is 5.75 Å². The highest BCUT2D eigenvalue weighted by Crippen LogP contribution is 2.44. The van der Waals surface area contributed by atoms with Gasteiger partial charge in [0.15, 0.2) is 0 Å². The lowest BCUT2D eigenvalue weighted by Gasteiger charge is -2.29. The number of ether oxygens (including phenoxy) is 1. The fourth-order valence-corrected chi connectivity index (χ4v) is 6.71. The second-order valence-electron chi connectivity index (χ2n) is 12.0. The van der Waals surface area contributed by atoms with Crippen molar-refractivity contribution in [1.82, 2.24) is 0 Å². The van der Waals surface area contributed by atoms with Gasteiger partial charge in [-0.2, -0.15) is 0 Å². The summed E-state index contributed by atoms with van der Waals surface area (Å²) in [5.41, 5.74) is 9.84. The van der Waals surface area contributed by atoms with E-state index in [2.05, 4.69) is 180 Å². The molecule has 8 aromatic carbocycles. The van der Waals surface area contributed by atoms with Gasteiger partial charge in [-0.05, 0) is 70.1 Å². The van der Waals surface area contributed by atoms with Crippen LogP contribution in [0.2, 0.25) is 0 Å². The third kappa shape index (κ3) is 5.83. The number of benzene rings is 8. The Bertz CT molecular complexity index is 2400. The van der Waals surface area contributed by atoms with Crippen molar-refractivity contribution in [2.75, 3.05) is 4.90 Å². The van der Waals surface area contributed by atoms with Gasteiger partial charge >= 0.3 is 0 Å². The van der Waals surface area contributed by atoms with Crippen LogP contribution in [-0.4, -0.2) is 6.72 Å². The van der Waals surface area contributed by atoms with Crippen molar-refractivity contribution in [2.24, 2.45) is 4.99 Å². The summed E-state index contributed by atoms with van der Waals surface area (Å²) in [6, 6.07) is 63.9. The van der Waals surface area contributed by atoms with Gasteiger partial charge in [0.05, 0.1) is 11.4 Å². The minimum absolute atomic E-state index is 0.397. The molecule has 234 valence electrons. The predicted molar refractivity (Wildman–Crippen MR) is 207 cm³/mol. The molecule has 0 aromatic heterocycles. The van der Waals surface area contributed by atoms with Crippen molar-refractivity contribution in [2.45, 2.75) is 6.61 Å². The third-order valence-corrected chi connectivity index (χ3v) is 9.10. The Kier molecular flexibility index (Phi) is 8.15. The highest BCUT2D eigenvalue weighted by atomic mass is 16.5. The Balaban J connectivity index is 1.24. The average Bonchev–Trinajstić information content (AvgIpc) is 3.18. The van der Waals surface area contributed by atoms with E-state index in [-0.39, 0.29) is 0 Å². The number of nitrogens with zero attached hydrogens (tertiary/aromatic N) is 2. The first-order valence-corrected chi connectivity index (χ1v) is 16.5. The van der Waals surface area contributed by atoms with Crippen molar-refractivity contribution in [3.05, 3.63) is 188 Å². The smallest absolute Gasteiger partial charge is 0.146 e. The normalized spacial score (nSPS) is 11.0. The van der Waals surface area contributed by atoms with Crippen LogP contribution < -0.4 is 9.64 Å². The molecule has 0 aliphatic carbocycles. The third-order valence-electron chi connectivity index (χ3n) is 9.10. The molecule has 0 radical (unpaired) electrons. The van der Waals surface area contributed by atoms with E-state index in [1.165, 1.54) is 16.7 Å². The van der Waals surface area contributed by atoms with Crippen LogP contribution in [0, 0.1) is 0 Å². The molecule has 0 bridgehead atoms. The number of para-hydroxylation sites is 1. The highest BCUT2D eigenvalue weighted by Gasteiger charge is 2.20. The molecule has 0 saturated carbocycles. The maximum Gasteiger partial charge on any atom is 0.146 e. The van der Waals surface area contributed by atoms with Crippen LogP contribution >= 0.6 is 0 Å². The van der Waals surface area contributed by atoms with E-state index in [0.29, 0.717) is 6.61 Å². The number of fused-ring (bicyclic) bond motifs is 2. The van der Waals surface area contributed by atoms with Crippen molar-refractivity contribution >= 4 is 51.0 Å². The number of aliphatic imine (C=N–C) groups is 1. The molecular weight excluding hydrogens is 597 g/mol. The lowest BCUT2D eigenvalue weighted by molar-refractivity contribution is 0.309. The van der Waals surface area contributed by atoms with Gasteiger partial charge in [-0.15, -0.1) is 0 Å². The second-order valence-corrected chi connectivity index (χ2v) is 12.0. The molecule has 0 aliphatic heterocycles. The Morgan fingerprint density at radius 1 is 0.469 bits per heavy atom. The van der Waals surface area contributed by atoms with Gasteiger partial charge in [-0.3, -0.25) is 4.99 Å². The molecule has 0 amide bonds. The molecule has 0 unspecified atom stereocenters. The first-order valence-electron chi connectivity index (χ1n) is 16.5. The van der Waals surface area contributed by atoms with Gasteiger partial charge in [0.25, 0.3) is 0 Å². The summed E-state index contributed by atoms with van der Waals surface area (Å²) >= 11 is 0. The van der Waals surface area contributed by atoms with E-state index in [1.54, 1.807) is 0 Å². The zero-order valence-corrected chi connectivity index (χ0v) is 27.0. The van der Waals surface area contributed by atoms with Crippen molar-refractivity contribution in [3.8, 4) is 28.0 Å². The van der Waals surface area contributed by atoms with Gasteiger partial charge in [-0.25, -0.2) is 0 Å². The Hall–Kier alpha value is -6.45. The summed E-state index contributed by atoms with van der Waals surface area (Å²) in [5, 5.41) is 4.41. The van der Waals surface area contributed by atoms with Crippen molar-refractivity contribution in [3.63, 3.8) is 0 Å². The fourth-order valence-electron chi connectivity index (χ4n) is 6.71. The molecular formula is C46H34N2O. The minimum atomic E-state index is 0.397. The van der Waals surface area contributed by atoms with Crippen molar-refractivity contribution in [1.29, 1.82) is 0 Å². The number of anilines is 3. The first-order chi connectivity index (χ1) is 24.3. The van der Waals surface area contributed by atoms with Gasteiger partial charge in [-0.1, -0.05) is 152 Å². The molecule has 3 nitrogen and oxygen atoms in total. The Labute approximate surface area is 287 Å². The van der Waals surface area contributed by atoms with E-state index in [0.717, 1.165) is 61.2 Å². The summed E-state index contributed by atoms with van der Waals surface area (Å²) in [6.45, 7) is 4.25. The molecule has 49 heavy (non-hydrogen) atoms. The fraction of sp³-hybridized carbons (Fsp3) is 0.0217. The zero-order chi connectivity index (χ0) is 33.0. The van der Waals surface area contributed by atoms with Crippen LogP contribution in [0.4, 0.5) is 22.7 Å². The summed E-state index contributed by atoms with van der Waals surface area (Å²) in [7, 11) is 0. The van der Waals surface area contributed by atoms with Crippen molar-refractivity contribution < 1.29 is 4.74 Å². The molecule has 0 heterocycles. The SMILES string of the molecule is C=Nc1c(OCc2ccc(N(c3ccc(-c4ccccc4)cc3)c3ccccc3-c3ccccc3)c3ccccc23)ccc2ccccc12. The standard InChI is InChI=1S/C46H34N2O/c1-47-46-41-21-9-8-18-36(41)27-31-45(46)49-32-37-26-30-44(42-22-11-10-19-39(37)42)48(38-28-24-34(25-29-38)33-14-4-2-5-15-33)43-23-13-12-20-40(43)35-16-6-3-7-17-35/h2-31H,1,32H2.